The molecule has 1 aromatic heterocycles. The highest BCUT2D eigenvalue weighted by atomic mass is 32.1. The minimum atomic E-state index is -0.187. The predicted molar refractivity (Wildman–Crippen MR) is 71.2 cm³/mol. The summed E-state index contributed by atoms with van der Waals surface area (Å²) >= 11 is 1.61. The molecule has 0 saturated heterocycles. The standard InChI is InChI=1S/C14H12O2S/c1-9(15)13(10(2)16)7-11-8-17-14-6-4-3-5-12(11)14/h3-8H,1-2H3. The fourth-order valence-electron chi connectivity index (χ4n) is 1.72. The van der Waals surface area contributed by atoms with Gasteiger partial charge in [0, 0.05) is 4.70 Å². The lowest BCUT2D eigenvalue weighted by atomic mass is 10.0. The molecule has 0 aliphatic carbocycles. The molecule has 0 radical (unpaired) electrons. The van der Waals surface area contributed by atoms with Crippen molar-refractivity contribution >= 4 is 39.1 Å². The zero-order valence-electron chi connectivity index (χ0n) is 9.69. The van der Waals surface area contributed by atoms with Crippen LogP contribution in [0.1, 0.15) is 19.4 Å². The number of carbonyl (C=O) groups is 2. The van der Waals surface area contributed by atoms with Gasteiger partial charge in [-0.25, -0.2) is 0 Å². The molecule has 0 fully saturated rings. The largest absolute Gasteiger partial charge is 0.294 e. The predicted octanol–water partition coefficient (Wildman–Crippen LogP) is 3.46. The minimum Gasteiger partial charge on any atom is -0.294 e. The van der Waals surface area contributed by atoms with E-state index < -0.39 is 0 Å². The lowest BCUT2D eigenvalue weighted by Crippen LogP contribution is -2.05. The molecule has 1 aromatic carbocycles. The van der Waals surface area contributed by atoms with Gasteiger partial charge < -0.3 is 0 Å². The van der Waals surface area contributed by atoms with E-state index in [0.29, 0.717) is 0 Å². The molecular formula is C14H12O2S. The third-order valence-corrected chi connectivity index (χ3v) is 3.55. The van der Waals surface area contributed by atoms with Crippen LogP contribution in [0.5, 0.6) is 0 Å². The van der Waals surface area contributed by atoms with Gasteiger partial charge in [0.1, 0.15) is 0 Å². The molecule has 0 amide bonds. The summed E-state index contributed by atoms with van der Waals surface area (Å²) in [6, 6.07) is 7.95. The van der Waals surface area contributed by atoms with Gasteiger partial charge >= 0.3 is 0 Å². The molecule has 1 heterocycles. The number of hydrogen-bond acceptors (Lipinski definition) is 3. The number of hydrogen-bond donors (Lipinski definition) is 0. The molecule has 2 rings (SSSR count). The number of ketones is 2. The number of rotatable bonds is 3. The van der Waals surface area contributed by atoms with E-state index in [2.05, 4.69) is 0 Å². The Bertz CT molecular complexity index is 604. The van der Waals surface area contributed by atoms with Crippen LogP contribution in [-0.4, -0.2) is 11.6 Å². The van der Waals surface area contributed by atoms with Crippen molar-refractivity contribution in [1.29, 1.82) is 0 Å². The fraction of sp³-hybridized carbons (Fsp3) is 0.143. The SMILES string of the molecule is CC(=O)C(=Cc1csc2ccccc12)C(C)=O. The summed E-state index contributed by atoms with van der Waals surface area (Å²) in [5.41, 5.74) is 1.19. The van der Waals surface area contributed by atoms with Crippen LogP contribution < -0.4 is 0 Å². The number of fused-ring (bicyclic) bond motifs is 1. The van der Waals surface area contributed by atoms with Crippen molar-refractivity contribution in [2.24, 2.45) is 0 Å². The van der Waals surface area contributed by atoms with Crippen LogP contribution in [0.15, 0.2) is 35.2 Å². The third kappa shape index (κ3) is 2.34. The maximum absolute atomic E-state index is 11.4. The lowest BCUT2D eigenvalue weighted by Gasteiger charge is -1.97. The monoisotopic (exact) mass is 244 g/mol. The summed E-state index contributed by atoms with van der Waals surface area (Å²) in [5.74, 6) is -0.374. The molecule has 0 aliphatic heterocycles. The van der Waals surface area contributed by atoms with Crippen LogP contribution in [0.4, 0.5) is 0 Å². The Morgan fingerprint density at radius 2 is 1.76 bits per heavy atom. The first kappa shape index (κ1) is 11.7. The van der Waals surface area contributed by atoms with Gasteiger partial charge in [0.05, 0.1) is 5.57 Å². The van der Waals surface area contributed by atoms with Crippen molar-refractivity contribution in [3.8, 4) is 0 Å². The van der Waals surface area contributed by atoms with Crippen molar-refractivity contribution in [3.63, 3.8) is 0 Å². The Balaban J connectivity index is 2.57. The molecule has 86 valence electrons. The summed E-state index contributed by atoms with van der Waals surface area (Å²) in [5, 5.41) is 3.05. The molecule has 0 bridgehead atoms. The zero-order chi connectivity index (χ0) is 12.4. The first-order valence-electron chi connectivity index (χ1n) is 5.29. The van der Waals surface area contributed by atoms with Gasteiger partial charge in [-0.2, -0.15) is 0 Å². The highest BCUT2D eigenvalue weighted by Gasteiger charge is 2.10. The third-order valence-electron chi connectivity index (χ3n) is 2.57. The Kier molecular flexibility index (Phi) is 3.20. The minimum absolute atomic E-state index is 0.187. The van der Waals surface area contributed by atoms with E-state index in [1.54, 1.807) is 17.4 Å². The van der Waals surface area contributed by atoms with Crippen molar-refractivity contribution in [2.75, 3.05) is 0 Å². The van der Waals surface area contributed by atoms with Crippen LogP contribution in [0.3, 0.4) is 0 Å². The Labute approximate surface area is 104 Å². The molecule has 0 atom stereocenters. The van der Waals surface area contributed by atoms with E-state index in [1.807, 2.05) is 29.6 Å². The second-order valence-electron chi connectivity index (χ2n) is 3.86. The fourth-order valence-corrected chi connectivity index (χ4v) is 2.64. The molecular weight excluding hydrogens is 232 g/mol. The van der Waals surface area contributed by atoms with Gasteiger partial charge in [-0.05, 0) is 42.3 Å². The smallest absolute Gasteiger partial charge is 0.163 e. The first-order chi connectivity index (χ1) is 8.09. The van der Waals surface area contributed by atoms with Gasteiger partial charge in [0.2, 0.25) is 0 Å². The van der Waals surface area contributed by atoms with Gasteiger partial charge in [-0.3, -0.25) is 9.59 Å². The number of thiophene rings is 1. The molecule has 2 aromatic rings. The van der Waals surface area contributed by atoms with E-state index in [-0.39, 0.29) is 17.1 Å². The second kappa shape index (κ2) is 4.63. The van der Waals surface area contributed by atoms with Crippen LogP contribution >= 0.6 is 11.3 Å². The van der Waals surface area contributed by atoms with Crippen LogP contribution in [0, 0.1) is 0 Å². The van der Waals surface area contributed by atoms with Crippen LogP contribution in [-0.2, 0) is 9.59 Å². The molecule has 0 unspecified atom stereocenters. The average molecular weight is 244 g/mol. The van der Waals surface area contributed by atoms with Gasteiger partial charge in [-0.15, -0.1) is 11.3 Å². The summed E-state index contributed by atoms with van der Waals surface area (Å²) in [6.07, 6.45) is 1.68. The number of benzene rings is 1. The van der Waals surface area contributed by atoms with Gasteiger partial charge in [0.15, 0.2) is 11.6 Å². The number of carbonyl (C=O) groups excluding carboxylic acids is 2. The maximum Gasteiger partial charge on any atom is 0.163 e. The van der Waals surface area contributed by atoms with E-state index >= 15 is 0 Å². The average Bonchev–Trinajstić information content (AvgIpc) is 2.68. The van der Waals surface area contributed by atoms with E-state index in [1.165, 1.54) is 13.8 Å². The summed E-state index contributed by atoms with van der Waals surface area (Å²) in [4.78, 5) is 22.7. The molecule has 3 heteroatoms. The number of Topliss-reactive ketones (excluding diaryl/α,β-unsaturated/α-hetero) is 2. The van der Waals surface area contributed by atoms with Gasteiger partial charge in [-0.1, -0.05) is 18.2 Å². The topological polar surface area (TPSA) is 34.1 Å². The maximum atomic E-state index is 11.4. The van der Waals surface area contributed by atoms with Crippen molar-refractivity contribution in [3.05, 3.63) is 40.8 Å². The number of allylic oxidation sites excluding steroid dienone is 1. The van der Waals surface area contributed by atoms with Crippen molar-refractivity contribution < 1.29 is 9.59 Å². The van der Waals surface area contributed by atoms with Crippen molar-refractivity contribution in [1.82, 2.24) is 0 Å². The summed E-state index contributed by atoms with van der Waals surface area (Å²) in [6.45, 7) is 2.84. The lowest BCUT2D eigenvalue weighted by molar-refractivity contribution is -0.119. The normalized spacial score (nSPS) is 10.2. The van der Waals surface area contributed by atoms with Crippen molar-refractivity contribution in [2.45, 2.75) is 13.8 Å². The zero-order valence-corrected chi connectivity index (χ0v) is 10.5. The van der Waals surface area contributed by atoms with E-state index in [0.717, 1.165) is 15.6 Å². The molecule has 0 spiro atoms. The second-order valence-corrected chi connectivity index (χ2v) is 4.77. The van der Waals surface area contributed by atoms with Gasteiger partial charge in [0.25, 0.3) is 0 Å². The Hall–Kier alpha value is -1.74. The molecule has 0 saturated carbocycles. The first-order valence-corrected chi connectivity index (χ1v) is 6.17. The van der Waals surface area contributed by atoms with Crippen LogP contribution in [0.2, 0.25) is 0 Å². The molecule has 2 nitrogen and oxygen atoms in total. The molecule has 0 aliphatic rings. The highest BCUT2D eigenvalue weighted by Crippen LogP contribution is 2.27. The van der Waals surface area contributed by atoms with Crippen LogP contribution in [0.25, 0.3) is 16.2 Å². The highest BCUT2D eigenvalue weighted by molar-refractivity contribution is 7.17. The van der Waals surface area contributed by atoms with E-state index in [4.69, 9.17) is 0 Å². The molecule has 0 N–H and O–H groups in total. The summed E-state index contributed by atoms with van der Waals surface area (Å²) in [7, 11) is 0. The molecule has 17 heavy (non-hydrogen) atoms. The Morgan fingerprint density at radius 3 is 2.41 bits per heavy atom. The quantitative estimate of drug-likeness (QED) is 0.470. The summed E-state index contributed by atoms with van der Waals surface area (Å²) < 4.78 is 1.16. The van der Waals surface area contributed by atoms with E-state index in [9.17, 15) is 9.59 Å². The Morgan fingerprint density at radius 1 is 1.12 bits per heavy atom.